The smallest absolute Gasteiger partial charge is 0.252 e. The summed E-state index contributed by atoms with van der Waals surface area (Å²) in [7, 11) is 0. The lowest BCUT2D eigenvalue weighted by Crippen LogP contribution is -2.62. The van der Waals surface area contributed by atoms with Crippen LogP contribution in [0.2, 0.25) is 0 Å². The van der Waals surface area contributed by atoms with Crippen LogP contribution in [-0.4, -0.2) is 12.3 Å². The van der Waals surface area contributed by atoms with Gasteiger partial charge < -0.3 is 14.7 Å². The maximum Gasteiger partial charge on any atom is 0.252 e. The van der Waals surface area contributed by atoms with Gasteiger partial charge in [-0.2, -0.15) is 0 Å². The Bertz CT molecular complexity index is 3750. The van der Waals surface area contributed by atoms with E-state index in [-0.39, 0.29) is 28.5 Å². The second kappa shape index (κ2) is 15.1. The van der Waals surface area contributed by atoms with Crippen LogP contribution < -0.4 is 31.1 Å². The van der Waals surface area contributed by atoms with Crippen LogP contribution in [0.5, 0.6) is 0 Å². The third-order valence-electron chi connectivity index (χ3n) is 17.8. The fourth-order valence-electron chi connectivity index (χ4n) is 14.2. The van der Waals surface area contributed by atoms with Gasteiger partial charge in [0.15, 0.2) is 0 Å². The largest absolute Gasteiger partial charge is 0.334 e. The zero-order valence-electron chi connectivity index (χ0n) is 43.4. The number of fused-ring (bicyclic) bond motifs is 13. The second-order valence-corrected chi connectivity index (χ2v) is 26.3. The molecular formula is C66H62BN3S2. The van der Waals surface area contributed by atoms with Crippen molar-refractivity contribution in [1.82, 2.24) is 0 Å². The van der Waals surface area contributed by atoms with Crippen molar-refractivity contribution in [2.24, 2.45) is 0 Å². The third kappa shape index (κ3) is 6.03. The Balaban J connectivity index is 1.17. The summed E-state index contributed by atoms with van der Waals surface area (Å²) in [5.41, 5.74) is 21.1. The van der Waals surface area contributed by atoms with E-state index in [1.807, 2.05) is 22.7 Å². The maximum atomic E-state index is 2.85. The minimum atomic E-state index is -0.141. The summed E-state index contributed by atoms with van der Waals surface area (Å²) in [5, 5.41) is 5.28. The number of hydrogen-bond donors (Lipinski definition) is 0. The highest BCUT2D eigenvalue weighted by Crippen LogP contribution is 2.63. The van der Waals surface area contributed by atoms with Gasteiger partial charge in [0, 0.05) is 79.9 Å². The molecule has 0 saturated heterocycles. The SMILES string of the molecule is Cc1cc(C)c2c(c1)N(c1cc3c4c(c1)N(c1cccc5sc6ccccc6c15)c1ccc(C(C)(C)C)cc1B4c1cc(C(C)(C)C)ccc1N3c1cccc3sc4ccccc4c13)C1(C)CCCCC21C. The van der Waals surface area contributed by atoms with Gasteiger partial charge in [-0.1, -0.05) is 140 Å². The van der Waals surface area contributed by atoms with Crippen molar-refractivity contribution in [3.8, 4) is 0 Å². The molecule has 6 heteroatoms. The van der Waals surface area contributed by atoms with Crippen LogP contribution in [0.4, 0.5) is 45.5 Å². The molecule has 0 radical (unpaired) electrons. The molecular weight excluding hydrogens is 910 g/mol. The summed E-state index contributed by atoms with van der Waals surface area (Å²) in [4.78, 5) is 8.27. The lowest BCUT2D eigenvalue weighted by atomic mass is 9.33. The number of thiophene rings is 2. The Labute approximate surface area is 433 Å². The van der Waals surface area contributed by atoms with Gasteiger partial charge in [0.25, 0.3) is 6.71 Å². The van der Waals surface area contributed by atoms with Crippen LogP contribution in [0.1, 0.15) is 109 Å². The number of rotatable bonds is 3. The lowest BCUT2D eigenvalue weighted by Gasteiger charge is -2.51. The number of hydrogen-bond acceptors (Lipinski definition) is 5. The van der Waals surface area contributed by atoms with E-state index < -0.39 is 0 Å². The lowest BCUT2D eigenvalue weighted by molar-refractivity contribution is 0.194. The molecule has 0 spiro atoms. The van der Waals surface area contributed by atoms with E-state index in [1.54, 1.807) is 0 Å². The summed E-state index contributed by atoms with van der Waals surface area (Å²) in [6, 6.07) is 57.4. The van der Waals surface area contributed by atoms with Crippen LogP contribution in [-0.2, 0) is 16.2 Å². The molecule has 72 heavy (non-hydrogen) atoms. The molecule has 2 aromatic heterocycles. The average molecular weight is 972 g/mol. The van der Waals surface area contributed by atoms with Crippen LogP contribution in [0.3, 0.4) is 0 Å². The Morgan fingerprint density at radius 3 is 1.51 bits per heavy atom. The van der Waals surface area contributed by atoms with Gasteiger partial charge in [0.1, 0.15) is 0 Å². The second-order valence-electron chi connectivity index (χ2n) is 24.2. The van der Waals surface area contributed by atoms with Gasteiger partial charge in [0.2, 0.25) is 0 Å². The van der Waals surface area contributed by atoms with Gasteiger partial charge >= 0.3 is 0 Å². The molecule has 8 aromatic carbocycles. The highest BCUT2D eigenvalue weighted by molar-refractivity contribution is 7.26. The fourth-order valence-corrected chi connectivity index (χ4v) is 16.5. The zero-order valence-corrected chi connectivity index (χ0v) is 45.1. The molecule has 3 aliphatic heterocycles. The topological polar surface area (TPSA) is 9.72 Å². The van der Waals surface area contributed by atoms with Gasteiger partial charge in [-0.05, 0) is 155 Å². The molecule has 2 atom stereocenters. The Morgan fingerprint density at radius 1 is 0.486 bits per heavy atom. The highest BCUT2D eigenvalue weighted by Gasteiger charge is 2.59. The number of benzene rings is 8. The van der Waals surface area contributed by atoms with Crippen LogP contribution in [0.15, 0.2) is 146 Å². The van der Waals surface area contributed by atoms with Crippen molar-refractivity contribution < 1.29 is 0 Å². The molecule has 2 unspecified atom stereocenters. The van der Waals surface area contributed by atoms with Crippen molar-refractivity contribution in [2.45, 2.75) is 117 Å². The van der Waals surface area contributed by atoms with E-state index in [0.29, 0.717) is 0 Å². The first-order chi connectivity index (χ1) is 34.5. The molecule has 3 nitrogen and oxygen atoms in total. The Kier molecular flexibility index (Phi) is 9.32. The first-order valence-electron chi connectivity index (χ1n) is 26.3. The van der Waals surface area contributed by atoms with E-state index in [2.05, 4.69) is 230 Å². The molecule has 5 heterocycles. The van der Waals surface area contributed by atoms with E-state index in [4.69, 9.17) is 0 Å². The van der Waals surface area contributed by atoms with Crippen LogP contribution in [0.25, 0.3) is 40.3 Å². The summed E-state index contributed by atoms with van der Waals surface area (Å²) in [6.07, 6.45) is 4.79. The van der Waals surface area contributed by atoms with Crippen molar-refractivity contribution in [2.75, 3.05) is 14.7 Å². The summed E-state index contributed by atoms with van der Waals surface area (Å²) < 4.78 is 5.28. The molecule has 1 aliphatic carbocycles. The van der Waals surface area contributed by atoms with Crippen LogP contribution in [0, 0.1) is 13.8 Å². The molecule has 1 saturated carbocycles. The molecule has 10 aromatic rings. The summed E-state index contributed by atoms with van der Waals surface area (Å²) >= 11 is 3.82. The molecule has 4 aliphatic rings. The van der Waals surface area contributed by atoms with Crippen molar-refractivity contribution in [3.05, 3.63) is 173 Å². The van der Waals surface area contributed by atoms with Crippen molar-refractivity contribution in [3.63, 3.8) is 0 Å². The van der Waals surface area contributed by atoms with Gasteiger partial charge in [-0.25, -0.2) is 0 Å². The van der Waals surface area contributed by atoms with Crippen LogP contribution >= 0.6 is 22.7 Å². The number of anilines is 8. The zero-order chi connectivity index (χ0) is 49.4. The molecule has 1 fully saturated rings. The van der Waals surface area contributed by atoms with Gasteiger partial charge in [-0.15, -0.1) is 22.7 Å². The van der Waals surface area contributed by atoms with Gasteiger partial charge in [-0.3, -0.25) is 0 Å². The molecule has 356 valence electrons. The first-order valence-corrected chi connectivity index (χ1v) is 28.0. The van der Waals surface area contributed by atoms with Crippen molar-refractivity contribution in [1.29, 1.82) is 0 Å². The Hall–Kier alpha value is -6.34. The normalized spacial score (nSPS) is 19.3. The predicted octanol–water partition coefficient (Wildman–Crippen LogP) is 17.5. The number of nitrogens with zero attached hydrogens (tertiary/aromatic N) is 3. The quantitative estimate of drug-likeness (QED) is 0.163. The summed E-state index contributed by atoms with van der Waals surface area (Å²) in [6.45, 7) is 24.1. The maximum absolute atomic E-state index is 2.85. The number of aryl methyl sites for hydroxylation is 2. The monoisotopic (exact) mass is 971 g/mol. The first kappa shape index (κ1) is 44.4. The highest BCUT2D eigenvalue weighted by atomic mass is 32.1. The minimum Gasteiger partial charge on any atom is -0.334 e. The molecule has 14 rings (SSSR count). The third-order valence-corrected chi connectivity index (χ3v) is 20.1. The molecule has 0 bridgehead atoms. The Morgan fingerprint density at radius 2 is 0.986 bits per heavy atom. The average Bonchev–Trinajstić information content (AvgIpc) is 3.99. The fraction of sp³-hybridized carbons (Fsp3) is 0.273. The summed E-state index contributed by atoms with van der Waals surface area (Å²) in [5.74, 6) is 0. The standard InChI is InChI=1S/C66H62BN3S2/c1-39-33-40(2)61-52(34-39)70(66(10)32-16-15-31-65(61,66)9)43-37-53-62-54(38-43)69(51-22-18-26-58-60(51)45-20-12-14-24-56(45)72-58)49-30-28-42(64(6,7)8)36-47(49)67(62)46-35-41(63(3,4)5)27-29-48(46)68(53)50-21-17-25-57-59(50)44-19-11-13-23-55(44)71-57/h11-14,17-30,33-38H,15-16,31-32H2,1-10H3. The molecule has 0 N–H and O–H groups in total. The van der Waals surface area contributed by atoms with E-state index in [0.717, 1.165) is 6.42 Å². The predicted molar refractivity (Wildman–Crippen MR) is 316 cm³/mol. The molecule has 0 amide bonds. The van der Waals surface area contributed by atoms with Gasteiger partial charge in [0.05, 0.1) is 16.9 Å². The van der Waals surface area contributed by atoms with E-state index in [1.165, 1.54) is 149 Å². The van der Waals surface area contributed by atoms with E-state index in [9.17, 15) is 0 Å². The minimum absolute atomic E-state index is 0.0122. The van der Waals surface area contributed by atoms with E-state index >= 15 is 0 Å². The van der Waals surface area contributed by atoms with Crippen molar-refractivity contribution >= 4 is 132 Å².